The monoisotopic (exact) mass is 333 g/mol. The molecule has 0 N–H and O–H groups in total. The summed E-state index contributed by atoms with van der Waals surface area (Å²) in [6.45, 7) is 8.10. The van der Waals surface area contributed by atoms with Gasteiger partial charge in [0.25, 0.3) is 0 Å². The molecule has 0 aliphatic rings. The van der Waals surface area contributed by atoms with Crippen LogP contribution >= 0.6 is 0 Å². The fraction of sp³-hybridized carbons (Fsp3) is 0.353. The molecule has 0 saturated heterocycles. The topological polar surface area (TPSA) is 51.9 Å². The molecule has 5 nitrogen and oxygen atoms in total. The SMILES string of the molecule is COC(=O)N(c1ccccc1-c1ccco1)C(C)O[Si](C)(C)C. The lowest BCUT2D eigenvalue weighted by atomic mass is 10.1. The van der Waals surface area contributed by atoms with Crippen LogP contribution in [0.1, 0.15) is 6.92 Å². The van der Waals surface area contributed by atoms with Crippen LogP contribution in [0.15, 0.2) is 47.1 Å². The van der Waals surface area contributed by atoms with E-state index < -0.39 is 20.6 Å². The third-order valence-corrected chi connectivity index (χ3v) is 4.26. The highest BCUT2D eigenvalue weighted by Crippen LogP contribution is 2.33. The van der Waals surface area contributed by atoms with Crippen molar-refractivity contribution >= 4 is 20.1 Å². The zero-order valence-corrected chi connectivity index (χ0v) is 15.2. The highest BCUT2D eigenvalue weighted by molar-refractivity contribution is 6.69. The zero-order valence-electron chi connectivity index (χ0n) is 14.2. The summed E-state index contributed by atoms with van der Waals surface area (Å²) in [6.07, 6.45) is 0.705. The standard InChI is InChI=1S/C17H23NO4Si/c1-13(22-23(3,4)5)18(17(19)20-2)15-10-7-6-9-14(15)16-11-8-12-21-16/h6-13H,1-5H3. The molecule has 1 amide bonds. The Hall–Kier alpha value is -2.05. The van der Waals surface area contributed by atoms with Crippen molar-refractivity contribution in [3.63, 3.8) is 0 Å². The molecule has 6 heteroatoms. The zero-order chi connectivity index (χ0) is 17.0. The maximum atomic E-state index is 12.4. The van der Waals surface area contributed by atoms with Crippen LogP contribution in [0, 0.1) is 0 Å². The van der Waals surface area contributed by atoms with E-state index in [4.69, 9.17) is 13.6 Å². The smallest absolute Gasteiger partial charge is 0.416 e. The number of benzene rings is 1. The van der Waals surface area contributed by atoms with E-state index in [0.717, 1.165) is 5.56 Å². The highest BCUT2D eigenvalue weighted by Gasteiger charge is 2.30. The second-order valence-corrected chi connectivity index (χ2v) is 10.6. The van der Waals surface area contributed by atoms with Crippen molar-refractivity contribution in [3.8, 4) is 11.3 Å². The number of methoxy groups -OCH3 is 1. The Balaban J connectivity index is 2.47. The van der Waals surface area contributed by atoms with Crippen LogP contribution in [0.25, 0.3) is 11.3 Å². The van der Waals surface area contributed by atoms with Gasteiger partial charge in [-0.1, -0.05) is 12.1 Å². The van der Waals surface area contributed by atoms with Crippen molar-refractivity contribution in [3.05, 3.63) is 42.7 Å². The van der Waals surface area contributed by atoms with Crippen molar-refractivity contribution in [1.29, 1.82) is 0 Å². The van der Waals surface area contributed by atoms with Gasteiger partial charge in [-0.15, -0.1) is 0 Å². The summed E-state index contributed by atoms with van der Waals surface area (Å²) in [4.78, 5) is 13.9. The number of para-hydroxylation sites is 1. The van der Waals surface area contributed by atoms with Gasteiger partial charge in [-0.3, -0.25) is 4.90 Å². The van der Waals surface area contributed by atoms with Gasteiger partial charge in [-0.25, -0.2) is 4.79 Å². The molecule has 0 aliphatic carbocycles. The van der Waals surface area contributed by atoms with E-state index >= 15 is 0 Å². The van der Waals surface area contributed by atoms with E-state index in [9.17, 15) is 4.79 Å². The van der Waals surface area contributed by atoms with Crippen LogP contribution in [0.3, 0.4) is 0 Å². The molecule has 124 valence electrons. The van der Waals surface area contributed by atoms with Gasteiger partial charge in [0.1, 0.15) is 12.0 Å². The van der Waals surface area contributed by atoms with Crippen molar-refractivity contribution in [2.45, 2.75) is 32.8 Å². The average Bonchev–Trinajstić information content (AvgIpc) is 3.00. The molecule has 1 unspecified atom stereocenters. The third-order valence-electron chi connectivity index (χ3n) is 3.21. The van der Waals surface area contributed by atoms with Gasteiger partial charge in [0.2, 0.25) is 0 Å². The van der Waals surface area contributed by atoms with Crippen LogP contribution in [0.2, 0.25) is 19.6 Å². The number of amides is 1. The van der Waals surface area contributed by atoms with Crippen LogP contribution in [-0.4, -0.2) is 27.7 Å². The first-order valence-corrected chi connectivity index (χ1v) is 10.9. The predicted molar refractivity (Wildman–Crippen MR) is 92.9 cm³/mol. The van der Waals surface area contributed by atoms with E-state index in [0.29, 0.717) is 11.4 Å². The summed E-state index contributed by atoms with van der Waals surface area (Å²) in [6, 6.07) is 11.2. The van der Waals surface area contributed by atoms with Crippen LogP contribution < -0.4 is 4.90 Å². The lowest BCUT2D eigenvalue weighted by Crippen LogP contribution is -2.45. The summed E-state index contributed by atoms with van der Waals surface area (Å²) in [5.41, 5.74) is 1.51. The number of carbonyl (C=O) groups excluding carboxylic acids is 1. The average molecular weight is 333 g/mol. The van der Waals surface area contributed by atoms with E-state index in [1.807, 2.05) is 43.3 Å². The molecular weight excluding hydrogens is 310 g/mol. The molecule has 1 aromatic heterocycles. The molecule has 0 radical (unpaired) electrons. The number of nitrogens with zero attached hydrogens (tertiary/aromatic N) is 1. The summed E-state index contributed by atoms with van der Waals surface area (Å²) in [5.74, 6) is 0.690. The first-order valence-electron chi connectivity index (χ1n) is 7.51. The summed E-state index contributed by atoms with van der Waals surface area (Å²) in [5, 5.41) is 0. The van der Waals surface area contributed by atoms with Gasteiger partial charge in [0, 0.05) is 5.56 Å². The number of anilines is 1. The second kappa shape index (κ2) is 7.02. The molecule has 0 aliphatic heterocycles. The van der Waals surface area contributed by atoms with E-state index in [2.05, 4.69) is 19.6 Å². The molecule has 2 aromatic rings. The third kappa shape index (κ3) is 4.24. The predicted octanol–water partition coefficient (Wildman–Crippen LogP) is 4.72. The normalized spacial score (nSPS) is 12.7. The summed E-state index contributed by atoms with van der Waals surface area (Å²) in [7, 11) is -0.464. The maximum absolute atomic E-state index is 12.4. The molecule has 0 saturated carbocycles. The number of carbonyl (C=O) groups is 1. The quantitative estimate of drug-likeness (QED) is 0.587. The maximum Gasteiger partial charge on any atom is 0.416 e. The lowest BCUT2D eigenvalue weighted by molar-refractivity contribution is 0.151. The summed E-state index contributed by atoms with van der Waals surface area (Å²) >= 11 is 0. The van der Waals surface area contributed by atoms with Gasteiger partial charge < -0.3 is 13.6 Å². The number of hydrogen-bond donors (Lipinski definition) is 0. The van der Waals surface area contributed by atoms with Crippen LogP contribution in [0.4, 0.5) is 10.5 Å². The number of furan rings is 1. The Bertz CT molecular complexity index is 649. The number of hydrogen-bond acceptors (Lipinski definition) is 4. The molecule has 1 heterocycles. The van der Waals surface area contributed by atoms with Crippen molar-refractivity contribution in [2.75, 3.05) is 12.0 Å². The van der Waals surface area contributed by atoms with Crippen molar-refractivity contribution < 1.29 is 18.4 Å². The van der Waals surface area contributed by atoms with E-state index in [1.54, 1.807) is 6.26 Å². The minimum absolute atomic E-state index is 0.440. The fourth-order valence-electron chi connectivity index (χ4n) is 2.43. The molecule has 0 fully saturated rings. The molecule has 23 heavy (non-hydrogen) atoms. The summed E-state index contributed by atoms with van der Waals surface area (Å²) < 4.78 is 16.5. The van der Waals surface area contributed by atoms with Gasteiger partial charge in [-0.05, 0) is 50.8 Å². The number of ether oxygens (including phenoxy) is 1. The largest absolute Gasteiger partial charge is 0.464 e. The Kier molecular flexibility index (Phi) is 5.28. The van der Waals surface area contributed by atoms with E-state index in [1.165, 1.54) is 12.0 Å². The molecule has 0 bridgehead atoms. The minimum atomic E-state index is -1.83. The van der Waals surface area contributed by atoms with Crippen molar-refractivity contribution in [2.24, 2.45) is 0 Å². The van der Waals surface area contributed by atoms with Crippen molar-refractivity contribution in [1.82, 2.24) is 0 Å². The highest BCUT2D eigenvalue weighted by atomic mass is 28.4. The number of rotatable bonds is 5. The first kappa shape index (κ1) is 17.3. The molecule has 1 atom stereocenters. The Morgan fingerprint density at radius 3 is 2.43 bits per heavy atom. The van der Waals surface area contributed by atoms with Crippen LogP contribution in [0.5, 0.6) is 0 Å². The lowest BCUT2D eigenvalue weighted by Gasteiger charge is -2.33. The van der Waals surface area contributed by atoms with Gasteiger partial charge >= 0.3 is 6.09 Å². The molecular formula is C17H23NO4Si. The second-order valence-electron chi connectivity index (χ2n) is 6.16. The Labute approximate surface area is 137 Å². The molecule has 2 rings (SSSR count). The van der Waals surface area contributed by atoms with Crippen LogP contribution in [-0.2, 0) is 9.16 Å². The Morgan fingerprint density at radius 2 is 1.87 bits per heavy atom. The van der Waals surface area contributed by atoms with E-state index in [-0.39, 0.29) is 0 Å². The molecule has 1 aromatic carbocycles. The minimum Gasteiger partial charge on any atom is -0.464 e. The van der Waals surface area contributed by atoms with Gasteiger partial charge in [-0.2, -0.15) is 0 Å². The first-order chi connectivity index (χ1) is 10.8. The fourth-order valence-corrected chi connectivity index (χ4v) is 3.56. The van der Waals surface area contributed by atoms with Gasteiger partial charge in [0.05, 0.1) is 19.1 Å². The Morgan fingerprint density at radius 1 is 1.17 bits per heavy atom. The van der Waals surface area contributed by atoms with Gasteiger partial charge in [0.15, 0.2) is 8.32 Å². The molecule has 0 spiro atoms.